The fourth-order valence-corrected chi connectivity index (χ4v) is 2.80. The summed E-state index contributed by atoms with van der Waals surface area (Å²) in [6.45, 7) is 0. The molecule has 0 spiro atoms. The Balaban J connectivity index is 1.95. The predicted molar refractivity (Wildman–Crippen MR) is 83.2 cm³/mol. The van der Waals surface area contributed by atoms with Gasteiger partial charge in [0.05, 0.1) is 0 Å². The number of hydrogen-bond acceptors (Lipinski definition) is 0. The quantitative estimate of drug-likeness (QED) is 0.505. The van der Waals surface area contributed by atoms with Crippen LogP contribution in [0.5, 0.6) is 0 Å². The Morgan fingerprint density at radius 1 is 0.684 bits per heavy atom. The molecular formula is C19H14. The van der Waals surface area contributed by atoms with Crippen molar-refractivity contribution in [3.8, 4) is 0 Å². The van der Waals surface area contributed by atoms with Gasteiger partial charge in [0.15, 0.2) is 0 Å². The summed E-state index contributed by atoms with van der Waals surface area (Å²) in [4.78, 5) is 0. The highest BCUT2D eigenvalue weighted by atomic mass is 14.1. The molecule has 0 nitrogen and oxygen atoms in total. The molecule has 0 fully saturated rings. The fraction of sp³-hybridized carbons (Fsp3) is 0.0526. The molecule has 0 radical (unpaired) electrons. The maximum Gasteiger partial charge on any atom is -0.00884 e. The van der Waals surface area contributed by atoms with Gasteiger partial charge in [-0.25, -0.2) is 0 Å². The van der Waals surface area contributed by atoms with Crippen molar-refractivity contribution in [2.75, 3.05) is 0 Å². The second-order valence-corrected chi connectivity index (χ2v) is 5.09. The van der Waals surface area contributed by atoms with Gasteiger partial charge in [0.2, 0.25) is 0 Å². The molecule has 0 N–H and O–H groups in total. The van der Waals surface area contributed by atoms with Crippen LogP contribution < -0.4 is 0 Å². The van der Waals surface area contributed by atoms with E-state index in [-0.39, 0.29) is 0 Å². The Bertz CT molecular complexity index is 835. The van der Waals surface area contributed by atoms with Gasteiger partial charge in [-0.2, -0.15) is 0 Å². The van der Waals surface area contributed by atoms with Crippen molar-refractivity contribution < 1.29 is 0 Å². The molecule has 3 aromatic rings. The molecule has 0 aliphatic heterocycles. The molecule has 0 saturated heterocycles. The molecule has 0 heteroatoms. The SMILES string of the molecule is C1=CCC(c2ccc3cc4ccccc4cc3c2)=C1. The molecule has 1 aliphatic carbocycles. The van der Waals surface area contributed by atoms with Gasteiger partial charge in [0, 0.05) is 0 Å². The zero-order chi connectivity index (χ0) is 12.7. The molecule has 0 atom stereocenters. The maximum atomic E-state index is 2.31. The maximum absolute atomic E-state index is 2.31. The van der Waals surface area contributed by atoms with Gasteiger partial charge >= 0.3 is 0 Å². The molecule has 0 bridgehead atoms. The first-order valence-corrected chi connectivity index (χ1v) is 6.69. The molecule has 19 heavy (non-hydrogen) atoms. The standard InChI is InChI=1S/C19H14/c1-2-6-14(5-1)17-9-10-18-11-15-7-3-4-8-16(15)12-19(18)13-17/h1-5,7-13H,6H2. The van der Waals surface area contributed by atoms with E-state index >= 15 is 0 Å². The minimum absolute atomic E-state index is 1.05. The predicted octanol–water partition coefficient (Wildman–Crippen LogP) is 5.34. The number of benzene rings is 3. The average molecular weight is 242 g/mol. The third-order valence-electron chi connectivity index (χ3n) is 3.85. The van der Waals surface area contributed by atoms with Crippen molar-refractivity contribution in [2.45, 2.75) is 6.42 Å². The largest absolute Gasteiger partial charge is 0.0801 e. The summed E-state index contributed by atoms with van der Waals surface area (Å²) in [5.41, 5.74) is 2.75. The van der Waals surface area contributed by atoms with Gasteiger partial charge in [0.1, 0.15) is 0 Å². The lowest BCUT2D eigenvalue weighted by Crippen LogP contribution is -1.82. The summed E-state index contributed by atoms with van der Waals surface area (Å²) in [5.74, 6) is 0. The van der Waals surface area contributed by atoms with E-state index in [1.165, 1.54) is 32.7 Å². The monoisotopic (exact) mass is 242 g/mol. The zero-order valence-corrected chi connectivity index (χ0v) is 10.6. The van der Waals surface area contributed by atoms with Gasteiger partial charge in [-0.3, -0.25) is 0 Å². The van der Waals surface area contributed by atoms with Crippen LogP contribution in [-0.4, -0.2) is 0 Å². The van der Waals surface area contributed by atoms with Crippen molar-refractivity contribution in [3.63, 3.8) is 0 Å². The molecule has 0 unspecified atom stereocenters. The van der Waals surface area contributed by atoms with E-state index in [2.05, 4.69) is 72.8 Å². The Morgan fingerprint density at radius 2 is 1.42 bits per heavy atom. The smallest absolute Gasteiger partial charge is 0.00884 e. The molecule has 0 saturated carbocycles. The van der Waals surface area contributed by atoms with Gasteiger partial charge in [-0.1, -0.05) is 54.6 Å². The van der Waals surface area contributed by atoms with E-state index in [1.807, 2.05) is 0 Å². The number of fused-ring (bicyclic) bond motifs is 2. The highest BCUT2D eigenvalue weighted by Gasteiger charge is 2.04. The first-order valence-electron chi connectivity index (χ1n) is 6.69. The molecule has 1 aliphatic rings. The average Bonchev–Trinajstić information content (AvgIpc) is 2.98. The highest BCUT2D eigenvalue weighted by molar-refractivity contribution is 5.99. The highest BCUT2D eigenvalue weighted by Crippen LogP contribution is 2.28. The van der Waals surface area contributed by atoms with Gasteiger partial charge in [-0.15, -0.1) is 0 Å². The molecule has 90 valence electrons. The normalized spacial score (nSPS) is 14.2. The van der Waals surface area contributed by atoms with Crippen molar-refractivity contribution in [1.82, 2.24) is 0 Å². The Morgan fingerprint density at radius 3 is 2.16 bits per heavy atom. The van der Waals surface area contributed by atoms with E-state index in [1.54, 1.807) is 0 Å². The van der Waals surface area contributed by atoms with Crippen LogP contribution in [0.1, 0.15) is 12.0 Å². The van der Waals surface area contributed by atoms with Crippen LogP contribution in [0.15, 0.2) is 72.8 Å². The summed E-state index contributed by atoms with van der Waals surface area (Å²) in [5, 5.41) is 5.26. The van der Waals surface area contributed by atoms with Crippen LogP contribution in [0.3, 0.4) is 0 Å². The molecular weight excluding hydrogens is 228 g/mol. The van der Waals surface area contributed by atoms with E-state index in [0.717, 1.165) is 6.42 Å². The van der Waals surface area contributed by atoms with E-state index in [0.29, 0.717) is 0 Å². The third-order valence-corrected chi connectivity index (χ3v) is 3.85. The summed E-state index contributed by atoms with van der Waals surface area (Å²) in [6.07, 6.45) is 7.61. The van der Waals surface area contributed by atoms with Gasteiger partial charge in [-0.05, 0) is 57.3 Å². The topological polar surface area (TPSA) is 0 Å². The minimum Gasteiger partial charge on any atom is -0.0801 e. The van der Waals surface area contributed by atoms with E-state index < -0.39 is 0 Å². The number of hydrogen-bond donors (Lipinski definition) is 0. The van der Waals surface area contributed by atoms with Crippen LogP contribution in [0.2, 0.25) is 0 Å². The minimum atomic E-state index is 1.05. The lowest BCUT2D eigenvalue weighted by atomic mass is 9.98. The molecule has 0 aromatic heterocycles. The van der Waals surface area contributed by atoms with Crippen LogP contribution in [0.25, 0.3) is 27.1 Å². The second kappa shape index (κ2) is 4.10. The van der Waals surface area contributed by atoms with Crippen molar-refractivity contribution in [3.05, 3.63) is 78.4 Å². The number of allylic oxidation sites excluding steroid dienone is 4. The van der Waals surface area contributed by atoms with Crippen LogP contribution in [-0.2, 0) is 0 Å². The Hall–Kier alpha value is -2.34. The fourth-order valence-electron chi connectivity index (χ4n) is 2.80. The zero-order valence-electron chi connectivity index (χ0n) is 10.6. The van der Waals surface area contributed by atoms with Crippen LogP contribution in [0, 0.1) is 0 Å². The van der Waals surface area contributed by atoms with Crippen molar-refractivity contribution >= 4 is 27.1 Å². The molecule has 4 rings (SSSR count). The molecule has 0 amide bonds. The van der Waals surface area contributed by atoms with Crippen molar-refractivity contribution in [2.24, 2.45) is 0 Å². The van der Waals surface area contributed by atoms with Gasteiger partial charge in [0.25, 0.3) is 0 Å². The van der Waals surface area contributed by atoms with Crippen molar-refractivity contribution in [1.29, 1.82) is 0 Å². The first kappa shape index (κ1) is 10.6. The van der Waals surface area contributed by atoms with E-state index in [4.69, 9.17) is 0 Å². The summed E-state index contributed by atoms with van der Waals surface area (Å²) < 4.78 is 0. The van der Waals surface area contributed by atoms with Gasteiger partial charge < -0.3 is 0 Å². The Labute approximate surface area is 112 Å². The molecule has 0 heterocycles. The van der Waals surface area contributed by atoms with E-state index in [9.17, 15) is 0 Å². The second-order valence-electron chi connectivity index (χ2n) is 5.09. The summed E-state index contributed by atoms with van der Waals surface area (Å²) in [6, 6.07) is 19.9. The molecule has 3 aromatic carbocycles. The van der Waals surface area contributed by atoms with Crippen LogP contribution in [0.4, 0.5) is 0 Å². The summed E-state index contributed by atoms with van der Waals surface area (Å²) >= 11 is 0. The van der Waals surface area contributed by atoms with Crippen LogP contribution >= 0.6 is 0 Å². The lowest BCUT2D eigenvalue weighted by Gasteiger charge is -2.06. The lowest BCUT2D eigenvalue weighted by molar-refractivity contribution is 1.44. The number of rotatable bonds is 1. The first-order chi connectivity index (χ1) is 9.40. The summed E-state index contributed by atoms with van der Waals surface area (Å²) in [7, 11) is 0. The Kier molecular flexibility index (Phi) is 2.28. The third kappa shape index (κ3) is 1.77.